The van der Waals surface area contributed by atoms with Gasteiger partial charge in [-0.1, -0.05) is 12.1 Å². The molecule has 0 atom stereocenters. The van der Waals surface area contributed by atoms with Crippen LogP contribution in [-0.4, -0.2) is 328 Å². The molecule has 4 fully saturated rings. The maximum atomic E-state index is 12.0. The highest BCUT2D eigenvalue weighted by atomic mass is 16.6. The predicted octanol–water partition coefficient (Wildman–Crippen LogP) is 12.6. The number of amides is 6. The smallest absolute Gasteiger partial charge is 0.413 e. The Bertz CT molecular complexity index is 6040. The molecule has 4 aliphatic rings. The zero-order chi connectivity index (χ0) is 99.0. The number of carbonyl (C=O) groups excluding carboxylic acids is 4. The first-order valence-electron chi connectivity index (χ1n) is 47.6. The number of urea groups is 2. The standard InChI is InChI=1S/2C25H28N8O3.2C25H27N7O4/c1-2-26-25(34)32-24-30-20-15-18(14-19(22(20)31-24)23-27-6-3-7-28-23)17-4-5-21(29-16-17)36-13-10-33-8-11-35-12-9-33;1-2-26-24(34)32-23-30-21-14-17(13-19(22(21)31-23)20-5-3-4-6-27-20)18-15-28-25(29-16-18)36-12-9-33-7-10-35-11-8-33;1-2-35-25(33)31-24-29-20-15-18(14-19(22(20)30-24)23-26-6-3-7-27-23)17-4-5-21(28-16-17)36-13-10-32-8-11-34-12-9-32;1-2-35-25(33)31-23-29-21-14-17(13-19(22(21)30-23)20-5-3-4-6-26-20)18-15-27-24(28-16-18)36-12-9-32-7-10-34-11-8-32/h3-7,14-16H,2,8-13H2,1H3,(H3,26,30,31,32,34);3-6,13-16H,2,7-12H2,1H3,(H3,26,30,31,32,34);3-7,14-16H,2,8-13H2,1H3,(H2,29,30,31,33);3-6,13-16H,2,7-12H2,1H3,(H2,29,30,31,33). The molecule has 0 unspecified atom stereocenters. The molecule has 744 valence electrons. The number of carbonyl (C=O) groups is 4. The number of nitrogens with zero attached hydrogens (tertiary/aromatic N) is 20. The van der Waals surface area contributed by atoms with Gasteiger partial charge in [-0.25, -0.2) is 89.0 Å². The first-order valence-corrected chi connectivity index (χ1v) is 47.6. The molecule has 0 saturated carbocycles. The van der Waals surface area contributed by atoms with Gasteiger partial charge in [0.1, 0.15) is 37.5 Å². The van der Waals surface area contributed by atoms with Crippen LogP contribution < -0.4 is 50.8 Å². The van der Waals surface area contributed by atoms with Gasteiger partial charge in [-0.15, -0.1) is 0 Å². The van der Waals surface area contributed by atoms with E-state index < -0.39 is 12.2 Å². The van der Waals surface area contributed by atoms with Crippen molar-refractivity contribution in [1.82, 2.24) is 130 Å². The molecule has 144 heavy (non-hydrogen) atoms. The molecule has 16 aromatic rings. The number of ether oxygens (including phenoxy) is 10. The first-order chi connectivity index (χ1) is 70.8. The third-order valence-corrected chi connectivity index (χ3v) is 23.0. The number of benzene rings is 4. The second kappa shape index (κ2) is 50.2. The molecule has 20 rings (SSSR count). The fourth-order valence-electron chi connectivity index (χ4n) is 15.9. The molecular weight excluding hydrogens is 1850 g/mol. The second-order valence-electron chi connectivity index (χ2n) is 32.7. The fraction of sp³-hybridized carbons (Fsp3) is 0.320. The highest BCUT2D eigenvalue weighted by Gasteiger charge is 2.24. The van der Waals surface area contributed by atoms with Gasteiger partial charge in [0.2, 0.25) is 35.6 Å². The summed E-state index contributed by atoms with van der Waals surface area (Å²) in [6.07, 6.45) is 19.5. The van der Waals surface area contributed by atoms with Crippen molar-refractivity contribution in [3.8, 4) is 114 Å². The van der Waals surface area contributed by atoms with E-state index in [1.54, 1.807) is 100 Å². The quantitative estimate of drug-likeness (QED) is 0.0187. The lowest BCUT2D eigenvalue weighted by atomic mass is 10.0. The van der Waals surface area contributed by atoms with E-state index >= 15 is 0 Å². The zero-order valence-electron chi connectivity index (χ0n) is 79.9. The number of nitrogens with one attached hydrogen (secondary N) is 10. The van der Waals surface area contributed by atoms with Crippen molar-refractivity contribution < 1.29 is 66.5 Å². The van der Waals surface area contributed by atoms with Crippen LogP contribution in [0, 0.1) is 0 Å². The summed E-state index contributed by atoms with van der Waals surface area (Å²) >= 11 is 0. The van der Waals surface area contributed by atoms with Gasteiger partial charge in [0, 0.05) is 223 Å². The van der Waals surface area contributed by atoms with Gasteiger partial charge >= 0.3 is 36.3 Å². The average Bonchev–Trinajstić information content (AvgIpc) is 1.63. The Balaban J connectivity index is 0.000000132. The number of imidazole rings is 4. The Morgan fingerprint density at radius 1 is 0.319 bits per heavy atom. The molecule has 6 amide bonds. The molecule has 4 saturated heterocycles. The number of H-pyrrole nitrogens is 4. The van der Waals surface area contributed by atoms with E-state index in [4.69, 9.17) is 47.4 Å². The minimum atomic E-state index is -0.581. The number of morpholine rings is 4. The van der Waals surface area contributed by atoms with Crippen molar-refractivity contribution in [2.45, 2.75) is 27.7 Å². The topological polar surface area (TPSA) is 515 Å². The van der Waals surface area contributed by atoms with E-state index in [9.17, 15) is 19.2 Å². The molecule has 0 bridgehead atoms. The predicted molar refractivity (Wildman–Crippen MR) is 539 cm³/mol. The van der Waals surface area contributed by atoms with Crippen molar-refractivity contribution in [3.63, 3.8) is 0 Å². The van der Waals surface area contributed by atoms with Crippen LogP contribution in [0.4, 0.5) is 43.0 Å². The molecule has 10 N–H and O–H groups in total. The van der Waals surface area contributed by atoms with Crippen molar-refractivity contribution in [1.29, 1.82) is 0 Å². The van der Waals surface area contributed by atoms with Crippen molar-refractivity contribution in [2.24, 2.45) is 0 Å². The van der Waals surface area contributed by atoms with Crippen molar-refractivity contribution >= 4 is 92.2 Å². The van der Waals surface area contributed by atoms with E-state index in [-0.39, 0.29) is 37.2 Å². The maximum absolute atomic E-state index is 12.0. The molecular formula is C100H110N30O14. The van der Waals surface area contributed by atoms with Crippen LogP contribution in [0.2, 0.25) is 0 Å². The number of pyridine rings is 4. The van der Waals surface area contributed by atoms with Crippen LogP contribution in [0.15, 0.2) is 196 Å². The van der Waals surface area contributed by atoms with Gasteiger partial charge in [0.25, 0.3) is 0 Å². The summed E-state index contributed by atoms with van der Waals surface area (Å²) in [5.74, 6) is 3.47. The number of rotatable bonds is 32. The van der Waals surface area contributed by atoms with E-state index in [0.717, 1.165) is 226 Å². The monoisotopic (exact) mass is 1950 g/mol. The summed E-state index contributed by atoms with van der Waals surface area (Å²) in [6.45, 7) is 27.7. The number of aromatic amines is 4. The van der Waals surface area contributed by atoms with Gasteiger partial charge in [-0.3, -0.25) is 50.8 Å². The summed E-state index contributed by atoms with van der Waals surface area (Å²) in [6, 6.07) is 38.3. The Kier molecular flexibility index (Phi) is 34.6. The van der Waals surface area contributed by atoms with Gasteiger partial charge in [0.15, 0.2) is 11.6 Å². The number of aromatic nitrogens is 20. The van der Waals surface area contributed by atoms with Crippen molar-refractivity contribution in [2.75, 3.05) is 205 Å². The molecule has 44 nitrogen and oxygen atoms in total. The van der Waals surface area contributed by atoms with Crippen LogP contribution in [0.25, 0.3) is 134 Å². The number of anilines is 4. The zero-order valence-corrected chi connectivity index (χ0v) is 79.9. The summed E-state index contributed by atoms with van der Waals surface area (Å²) < 4.78 is 54.6. The van der Waals surface area contributed by atoms with Crippen LogP contribution in [-0.2, 0) is 28.4 Å². The lowest BCUT2D eigenvalue weighted by molar-refractivity contribution is 0.0316. The average molecular weight is 1960 g/mol. The minimum absolute atomic E-state index is 0.263. The van der Waals surface area contributed by atoms with E-state index in [1.165, 1.54) is 0 Å². The first kappa shape index (κ1) is 99.2. The molecule has 16 heterocycles. The van der Waals surface area contributed by atoms with Crippen molar-refractivity contribution in [3.05, 3.63) is 196 Å². The van der Waals surface area contributed by atoms with E-state index in [1.807, 2.05) is 123 Å². The highest BCUT2D eigenvalue weighted by molar-refractivity contribution is 6.02. The number of hydrogen-bond donors (Lipinski definition) is 10. The van der Waals surface area contributed by atoms with Crippen LogP contribution in [0.5, 0.6) is 23.8 Å². The summed E-state index contributed by atoms with van der Waals surface area (Å²) in [5, 5.41) is 16.1. The van der Waals surface area contributed by atoms with Crippen LogP contribution in [0.3, 0.4) is 0 Å². The largest absolute Gasteiger partial charge is 0.476 e. The Morgan fingerprint density at radius 3 is 0.938 bits per heavy atom. The fourth-order valence-corrected chi connectivity index (χ4v) is 15.9. The van der Waals surface area contributed by atoms with Gasteiger partial charge in [-0.05, 0) is 147 Å². The molecule has 4 aliphatic heterocycles. The molecule has 4 aromatic carbocycles. The Labute approximate surface area is 826 Å². The number of hydrogen-bond acceptors (Lipinski definition) is 34. The Morgan fingerprint density at radius 2 is 0.625 bits per heavy atom. The molecule has 12 aromatic heterocycles. The number of fused-ring (bicyclic) bond motifs is 4. The maximum Gasteiger partial charge on any atom is 0.413 e. The normalized spacial score (nSPS) is 14.0. The lowest BCUT2D eigenvalue weighted by Crippen LogP contribution is -2.38. The van der Waals surface area contributed by atoms with E-state index in [0.29, 0.717) is 114 Å². The molecule has 0 aliphatic carbocycles. The summed E-state index contributed by atoms with van der Waals surface area (Å²) in [4.78, 5) is 141. The van der Waals surface area contributed by atoms with Crippen LogP contribution >= 0.6 is 0 Å². The molecule has 44 heteroatoms. The van der Waals surface area contributed by atoms with Gasteiger partial charge in [-0.2, -0.15) is 0 Å². The Hall–Kier alpha value is -16.4. The third-order valence-electron chi connectivity index (χ3n) is 23.0. The van der Waals surface area contributed by atoms with Gasteiger partial charge < -0.3 is 77.9 Å². The van der Waals surface area contributed by atoms with E-state index in [2.05, 4.69) is 151 Å². The molecule has 0 spiro atoms. The van der Waals surface area contributed by atoms with Gasteiger partial charge in [0.05, 0.1) is 111 Å². The van der Waals surface area contributed by atoms with Crippen LogP contribution in [0.1, 0.15) is 27.7 Å². The lowest BCUT2D eigenvalue weighted by Gasteiger charge is -2.26. The second-order valence-corrected chi connectivity index (χ2v) is 32.7. The third kappa shape index (κ3) is 27.2. The minimum Gasteiger partial charge on any atom is -0.476 e. The summed E-state index contributed by atoms with van der Waals surface area (Å²) in [7, 11) is 0. The summed E-state index contributed by atoms with van der Waals surface area (Å²) in [5.41, 5.74) is 17.2. The molecule has 0 radical (unpaired) electrons. The highest BCUT2D eigenvalue weighted by Crippen LogP contribution is 2.39. The SMILES string of the molecule is CCNC(=O)Nc1nc2c(-c3ccccn3)cc(-c3cnc(OCCN4CCOCC4)nc3)cc2[nH]1.CCNC(=O)Nc1nc2c(-c3ncccn3)cc(-c3ccc(OCCN4CCOCC4)nc3)cc2[nH]1.CCOC(=O)Nc1nc2c(-c3ccccn3)cc(-c3cnc(OCCN4CCOCC4)nc3)cc2[nH]1.CCOC(=O)Nc1nc2c(-c3ncccn3)cc(-c3ccc(OCCN4CCOCC4)nc3)cc2[nH]1.